The molecule has 4 aromatic rings. The van der Waals surface area contributed by atoms with Crippen LogP contribution in [-0.2, 0) is 9.47 Å². The second-order valence-corrected chi connectivity index (χ2v) is 18.5. The molecule has 8 rings (SSSR count). The number of piperidine rings is 2. The molecular formula is C46H64BBrCl2N8O6. The third kappa shape index (κ3) is 14.2. The molecule has 4 aliphatic heterocycles. The molecule has 14 nitrogen and oxygen atoms in total. The summed E-state index contributed by atoms with van der Waals surface area (Å²) in [5, 5.41) is 27.7. The highest BCUT2D eigenvalue weighted by Crippen LogP contribution is 2.32. The topological polar surface area (TPSA) is 142 Å². The Morgan fingerprint density at radius 3 is 1.50 bits per heavy atom. The van der Waals surface area contributed by atoms with Crippen LogP contribution in [0.15, 0.2) is 77.7 Å². The summed E-state index contributed by atoms with van der Waals surface area (Å²) < 4.78 is 15.7. The Hall–Kier alpha value is -3.64. The van der Waals surface area contributed by atoms with Crippen LogP contribution in [0, 0.1) is 0 Å². The maximum Gasteiger partial charge on any atom is 0.488 e. The third-order valence-corrected chi connectivity index (χ3v) is 13.9. The summed E-state index contributed by atoms with van der Waals surface area (Å²) in [4.78, 5) is 32.9. The van der Waals surface area contributed by atoms with E-state index in [1.807, 2.05) is 54.2 Å². The Kier molecular flexibility index (Phi) is 19.7. The smallest absolute Gasteiger partial charge is 0.450 e. The van der Waals surface area contributed by atoms with Crippen molar-refractivity contribution >= 4 is 63.9 Å². The number of halogens is 3. The van der Waals surface area contributed by atoms with E-state index < -0.39 is 7.12 Å². The summed E-state index contributed by atoms with van der Waals surface area (Å²) in [6.07, 6.45) is 14.4. The number of aromatic nitrogens is 4. The van der Waals surface area contributed by atoms with Crippen molar-refractivity contribution in [3.8, 4) is 11.3 Å². The number of nitrogens with zero attached hydrogens (tertiary/aromatic N) is 8. The van der Waals surface area contributed by atoms with Crippen LogP contribution in [0.25, 0.3) is 11.3 Å². The maximum absolute atomic E-state index is 12.0. The van der Waals surface area contributed by atoms with Gasteiger partial charge >= 0.3 is 19.3 Å². The van der Waals surface area contributed by atoms with Crippen LogP contribution in [0.3, 0.4) is 0 Å². The summed E-state index contributed by atoms with van der Waals surface area (Å²) in [5.74, 6) is 0. The summed E-state index contributed by atoms with van der Waals surface area (Å²) in [5.41, 5.74) is 2.76. The lowest BCUT2D eigenvalue weighted by molar-refractivity contribution is 0.102. The summed E-state index contributed by atoms with van der Waals surface area (Å²) in [7, 11) is -1.41. The zero-order valence-corrected chi connectivity index (χ0v) is 40.3. The zero-order valence-electron chi connectivity index (χ0n) is 37.2. The monoisotopic (exact) mass is 984 g/mol. The molecule has 2 aromatic heterocycles. The van der Waals surface area contributed by atoms with Gasteiger partial charge in [0.1, 0.15) is 4.60 Å². The fourth-order valence-electron chi connectivity index (χ4n) is 9.33. The first-order chi connectivity index (χ1) is 31.0. The minimum absolute atomic E-state index is 0.152. The quantitative estimate of drug-likeness (QED) is 0.166. The predicted octanol–water partition coefficient (Wildman–Crippen LogP) is 8.16. The van der Waals surface area contributed by atoms with Crippen LogP contribution in [0.5, 0.6) is 0 Å². The van der Waals surface area contributed by atoms with Gasteiger partial charge in [0.25, 0.3) is 0 Å². The van der Waals surface area contributed by atoms with Crippen LogP contribution in [0.2, 0.25) is 10.0 Å². The molecule has 0 saturated carbocycles. The highest BCUT2D eigenvalue weighted by molar-refractivity contribution is 9.10. The van der Waals surface area contributed by atoms with Crippen molar-refractivity contribution in [2.75, 3.05) is 65.6 Å². The molecule has 0 spiro atoms. The fraction of sp³-hybridized carbons (Fsp3) is 0.565. The van der Waals surface area contributed by atoms with Gasteiger partial charge in [-0.1, -0.05) is 47.5 Å². The first-order valence-corrected chi connectivity index (χ1v) is 24.5. The minimum Gasteiger partial charge on any atom is -0.450 e. The predicted molar refractivity (Wildman–Crippen MR) is 256 cm³/mol. The number of benzene rings is 2. The number of ether oxygens (including phenoxy) is 2. The van der Waals surface area contributed by atoms with Crippen LogP contribution in [0.4, 0.5) is 9.59 Å². The molecule has 18 heteroatoms. The van der Waals surface area contributed by atoms with E-state index >= 15 is 0 Å². The molecule has 0 aliphatic carbocycles. The maximum atomic E-state index is 12.0. The van der Waals surface area contributed by atoms with Gasteiger partial charge in [0, 0.05) is 80.7 Å². The third-order valence-electron chi connectivity index (χ3n) is 12.8. The molecular weight excluding hydrogens is 922 g/mol. The van der Waals surface area contributed by atoms with Gasteiger partial charge in [-0.15, -0.1) is 0 Å². The SMILES string of the molecule is CCOC(=O)N1CCCC(N2CCC(n3nccc3-c3ccc(Cl)cc3)CC2)CC1.CCOC(=O)N1CCCC(N2CCC(n3nccc3Br)CC2)CC1.OB(O)c1ccc(Cl)cc1. The van der Waals surface area contributed by atoms with Crippen LogP contribution in [-0.4, -0.2) is 146 Å². The molecule has 4 aliphatic rings. The standard InChI is InChI=1S/C23H31ClN4O2.C17H27BrN4O2.C6H6BClO2/c1-2-30-23(29)27-14-3-4-20(10-17-27)26-15-11-21(12-16-26)28-22(9-13-25-28)18-5-7-19(24)8-6-18;1-2-24-17(23)21-10-3-4-14(6-13-21)20-11-7-15(8-12-20)22-16(18)5-9-19-22;8-6-3-1-5(2-4-6)7(9)10/h5-9,13,20-21H,2-4,10-12,14-17H2,1H3;5,9,14-15H,2-4,6-8,10-13H2,1H3;1-4,9-10H. The number of hydrogen-bond donors (Lipinski definition) is 2. The first kappa shape index (κ1) is 49.8. The second-order valence-electron chi connectivity index (χ2n) is 16.8. The highest BCUT2D eigenvalue weighted by atomic mass is 79.9. The molecule has 2 N–H and O–H groups in total. The molecule has 2 amide bonds. The molecule has 2 unspecified atom stereocenters. The molecule has 4 fully saturated rings. The van der Waals surface area contributed by atoms with Crippen molar-refractivity contribution in [3.63, 3.8) is 0 Å². The average molecular weight is 987 g/mol. The lowest BCUT2D eigenvalue weighted by Crippen LogP contribution is -2.42. The Bertz CT molecular complexity index is 2010. The van der Waals surface area contributed by atoms with Crippen molar-refractivity contribution in [2.45, 2.75) is 102 Å². The normalized spacial score (nSPS) is 20.5. The minimum atomic E-state index is -1.41. The number of carbonyl (C=O) groups excluding carboxylic acids is 2. The molecule has 64 heavy (non-hydrogen) atoms. The fourth-order valence-corrected chi connectivity index (χ4v) is 10.1. The van der Waals surface area contributed by atoms with Gasteiger partial charge in [-0.05, 0) is 141 Å². The van der Waals surface area contributed by atoms with E-state index in [1.165, 1.54) is 6.42 Å². The molecule has 2 aromatic carbocycles. The van der Waals surface area contributed by atoms with E-state index in [2.05, 4.69) is 63.5 Å². The highest BCUT2D eigenvalue weighted by Gasteiger charge is 2.31. The number of carbonyl (C=O) groups is 2. The Morgan fingerprint density at radius 2 is 1.05 bits per heavy atom. The van der Waals surface area contributed by atoms with Gasteiger partial charge < -0.3 is 39.1 Å². The number of amides is 2. The van der Waals surface area contributed by atoms with Gasteiger partial charge in [0.2, 0.25) is 0 Å². The summed E-state index contributed by atoms with van der Waals surface area (Å²) in [6, 6.07) is 20.5. The van der Waals surface area contributed by atoms with E-state index in [0.717, 1.165) is 131 Å². The van der Waals surface area contributed by atoms with Gasteiger partial charge in [-0.3, -0.25) is 9.36 Å². The van der Waals surface area contributed by atoms with Gasteiger partial charge in [0.15, 0.2) is 0 Å². The zero-order chi connectivity index (χ0) is 45.4. The Labute approximate surface area is 397 Å². The molecule has 0 radical (unpaired) electrons. The van der Waals surface area contributed by atoms with Crippen LogP contribution >= 0.6 is 39.1 Å². The second kappa shape index (κ2) is 25.3. The lowest BCUT2D eigenvalue weighted by atomic mass is 9.81. The van der Waals surface area contributed by atoms with E-state index in [4.69, 9.17) is 42.7 Å². The molecule has 2 atom stereocenters. The van der Waals surface area contributed by atoms with E-state index in [1.54, 1.807) is 24.3 Å². The molecule has 4 saturated heterocycles. The van der Waals surface area contributed by atoms with Crippen molar-refractivity contribution < 1.29 is 29.1 Å². The summed E-state index contributed by atoms with van der Waals surface area (Å²) in [6.45, 7) is 12.2. The largest absolute Gasteiger partial charge is 0.488 e. The van der Waals surface area contributed by atoms with Crippen molar-refractivity contribution in [1.29, 1.82) is 0 Å². The number of rotatable bonds is 8. The van der Waals surface area contributed by atoms with Gasteiger partial charge in [-0.25, -0.2) is 9.59 Å². The van der Waals surface area contributed by atoms with Crippen molar-refractivity contribution in [1.82, 2.24) is 39.2 Å². The van der Waals surface area contributed by atoms with Crippen LogP contribution < -0.4 is 5.46 Å². The Balaban J connectivity index is 0.000000178. The average Bonchev–Trinajstić information content (AvgIpc) is 3.80. The van der Waals surface area contributed by atoms with E-state index in [0.29, 0.717) is 47.9 Å². The van der Waals surface area contributed by atoms with Gasteiger partial charge in [-0.2, -0.15) is 10.2 Å². The van der Waals surface area contributed by atoms with Crippen LogP contribution in [0.1, 0.15) is 90.1 Å². The summed E-state index contributed by atoms with van der Waals surface area (Å²) >= 11 is 15.2. The van der Waals surface area contributed by atoms with E-state index in [9.17, 15) is 9.59 Å². The molecule has 6 heterocycles. The van der Waals surface area contributed by atoms with E-state index in [-0.39, 0.29) is 12.2 Å². The Morgan fingerprint density at radius 1 is 0.609 bits per heavy atom. The molecule has 0 bridgehead atoms. The van der Waals surface area contributed by atoms with Crippen molar-refractivity contribution in [2.24, 2.45) is 0 Å². The molecule has 348 valence electrons. The van der Waals surface area contributed by atoms with Gasteiger partial charge in [0.05, 0.1) is 37.2 Å². The number of likely N-dealkylation sites (tertiary alicyclic amines) is 4. The number of hydrogen-bond acceptors (Lipinski definition) is 10. The first-order valence-electron chi connectivity index (χ1n) is 23.0. The van der Waals surface area contributed by atoms with Crippen molar-refractivity contribution in [3.05, 3.63) is 87.7 Å². The lowest BCUT2D eigenvalue weighted by Gasteiger charge is -2.37.